The molecule has 0 radical (unpaired) electrons. The molecule has 0 saturated heterocycles. The molecule has 2 aromatic rings. The monoisotopic (exact) mass is 447 g/mol. The van der Waals surface area contributed by atoms with Gasteiger partial charge in [-0.1, -0.05) is 35.3 Å². The molecule has 0 fully saturated rings. The average Bonchev–Trinajstić information content (AvgIpc) is 2.60. The van der Waals surface area contributed by atoms with E-state index in [1.54, 1.807) is 0 Å². The number of carbonyl (C=O) groups is 1. The lowest BCUT2D eigenvalue weighted by Gasteiger charge is -2.29. The highest BCUT2D eigenvalue weighted by Crippen LogP contribution is 2.38. The standard InChI is InChI=1S/C9H9ClF3NO.C8H4ClF3O/c10-7-3-1-6(2-4-7)8(15,5-14)9(11,12)13;9-6-3-1-5(2-4-6)7(13)8(10,11)12/h1-4,15H,5,14H2;1-4H. The second-order valence-electron chi connectivity index (χ2n) is 5.40. The molecule has 0 aliphatic carbocycles. The van der Waals surface area contributed by atoms with Gasteiger partial charge in [0.2, 0.25) is 0 Å². The van der Waals surface area contributed by atoms with Crippen LogP contribution in [0.15, 0.2) is 48.5 Å². The minimum Gasteiger partial charge on any atom is -0.375 e. The van der Waals surface area contributed by atoms with Crippen molar-refractivity contribution in [2.45, 2.75) is 18.0 Å². The summed E-state index contributed by atoms with van der Waals surface area (Å²) in [6.45, 7) is -0.932. The Balaban J connectivity index is 0.000000283. The number of rotatable bonds is 3. The number of aliphatic hydroxyl groups is 1. The van der Waals surface area contributed by atoms with Crippen molar-refractivity contribution >= 4 is 29.0 Å². The van der Waals surface area contributed by atoms with Gasteiger partial charge in [-0.2, -0.15) is 26.3 Å². The van der Waals surface area contributed by atoms with Gasteiger partial charge in [-0.15, -0.1) is 0 Å². The third-order valence-corrected chi connectivity index (χ3v) is 3.95. The Bertz CT molecular complexity index is 791. The van der Waals surface area contributed by atoms with Crippen LogP contribution in [0.25, 0.3) is 0 Å². The minimum atomic E-state index is -4.83. The summed E-state index contributed by atoms with van der Waals surface area (Å²) < 4.78 is 73.1. The summed E-state index contributed by atoms with van der Waals surface area (Å²) in [7, 11) is 0. The predicted molar refractivity (Wildman–Crippen MR) is 92.3 cm³/mol. The topological polar surface area (TPSA) is 63.3 Å². The molecule has 0 aromatic heterocycles. The molecule has 0 saturated carbocycles. The molecule has 11 heteroatoms. The van der Waals surface area contributed by atoms with Crippen LogP contribution >= 0.6 is 23.2 Å². The van der Waals surface area contributed by atoms with Gasteiger partial charge < -0.3 is 10.8 Å². The number of hydrogen-bond acceptors (Lipinski definition) is 3. The molecule has 154 valence electrons. The fraction of sp³-hybridized carbons (Fsp3) is 0.235. The van der Waals surface area contributed by atoms with E-state index < -0.39 is 35.8 Å². The van der Waals surface area contributed by atoms with Crippen molar-refractivity contribution in [3.05, 3.63) is 69.7 Å². The fourth-order valence-electron chi connectivity index (χ4n) is 1.89. The summed E-state index contributed by atoms with van der Waals surface area (Å²) in [5.74, 6) is -1.86. The van der Waals surface area contributed by atoms with Crippen LogP contribution < -0.4 is 5.73 Å². The number of Topliss-reactive ketones (excluding diaryl/α,β-unsaturated/α-hetero) is 1. The van der Waals surface area contributed by atoms with Crippen LogP contribution in [0.1, 0.15) is 15.9 Å². The van der Waals surface area contributed by atoms with Gasteiger partial charge in [0.15, 0.2) is 5.60 Å². The second-order valence-corrected chi connectivity index (χ2v) is 6.28. The average molecular weight is 448 g/mol. The van der Waals surface area contributed by atoms with Crippen LogP contribution in [0.2, 0.25) is 10.0 Å². The zero-order valence-corrected chi connectivity index (χ0v) is 15.3. The quantitative estimate of drug-likeness (QED) is 0.506. The van der Waals surface area contributed by atoms with Crippen molar-refractivity contribution in [1.29, 1.82) is 0 Å². The van der Waals surface area contributed by atoms with Crippen LogP contribution in [0.3, 0.4) is 0 Å². The fourth-order valence-corrected chi connectivity index (χ4v) is 2.14. The lowest BCUT2D eigenvalue weighted by atomic mass is 9.93. The van der Waals surface area contributed by atoms with E-state index in [-0.39, 0.29) is 5.56 Å². The van der Waals surface area contributed by atoms with Crippen molar-refractivity contribution in [2.24, 2.45) is 5.73 Å². The van der Waals surface area contributed by atoms with E-state index in [1.807, 2.05) is 0 Å². The molecule has 3 N–H and O–H groups in total. The maximum absolute atomic E-state index is 12.5. The van der Waals surface area contributed by atoms with Crippen molar-refractivity contribution in [3.63, 3.8) is 0 Å². The van der Waals surface area contributed by atoms with Crippen molar-refractivity contribution < 1.29 is 36.2 Å². The highest BCUT2D eigenvalue weighted by Gasteiger charge is 2.54. The Morgan fingerprint density at radius 3 is 1.57 bits per heavy atom. The molecule has 0 spiro atoms. The molecule has 1 unspecified atom stereocenters. The smallest absolute Gasteiger partial charge is 0.375 e. The van der Waals surface area contributed by atoms with Gasteiger partial charge in [0.25, 0.3) is 5.78 Å². The molecule has 0 amide bonds. The molecule has 0 aliphatic heterocycles. The van der Waals surface area contributed by atoms with Crippen LogP contribution in [0.5, 0.6) is 0 Å². The van der Waals surface area contributed by atoms with Gasteiger partial charge in [-0.3, -0.25) is 4.79 Å². The Hall–Kier alpha value is -1.81. The number of alkyl halides is 6. The highest BCUT2D eigenvalue weighted by molar-refractivity contribution is 6.30. The number of benzene rings is 2. The van der Waals surface area contributed by atoms with E-state index in [0.29, 0.717) is 10.0 Å². The van der Waals surface area contributed by atoms with Gasteiger partial charge in [-0.25, -0.2) is 0 Å². The molecule has 3 nitrogen and oxygen atoms in total. The Morgan fingerprint density at radius 1 is 0.857 bits per heavy atom. The summed E-state index contributed by atoms with van der Waals surface area (Å²) in [6.07, 6.45) is -9.64. The summed E-state index contributed by atoms with van der Waals surface area (Å²) in [6, 6.07) is 9.29. The minimum absolute atomic E-state index is 0.290. The van der Waals surface area contributed by atoms with Gasteiger partial charge >= 0.3 is 12.4 Å². The Kier molecular flexibility index (Phi) is 7.90. The lowest BCUT2D eigenvalue weighted by molar-refractivity contribution is -0.262. The molecule has 2 rings (SSSR count). The van der Waals surface area contributed by atoms with E-state index in [0.717, 1.165) is 24.3 Å². The molecule has 0 heterocycles. The number of halogens is 8. The highest BCUT2D eigenvalue weighted by atomic mass is 35.5. The maximum Gasteiger partial charge on any atom is 0.454 e. The number of hydrogen-bond donors (Lipinski definition) is 2. The first-order valence-electron chi connectivity index (χ1n) is 7.34. The summed E-state index contributed by atoms with van der Waals surface area (Å²) in [5, 5.41) is 10.0. The number of nitrogens with two attached hydrogens (primary N) is 1. The first kappa shape index (κ1) is 24.2. The van der Waals surface area contributed by atoms with Gasteiger partial charge in [-0.05, 0) is 42.0 Å². The van der Waals surface area contributed by atoms with E-state index >= 15 is 0 Å². The number of carbonyl (C=O) groups excluding carboxylic acids is 1. The zero-order chi connectivity index (χ0) is 21.8. The molecule has 1 atom stereocenters. The van der Waals surface area contributed by atoms with Crippen molar-refractivity contribution in [2.75, 3.05) is 6.54 Å². The molecular formula is C17H13Cl2F6NO2. The molecule has 0 aliphatic rings. The largest absolute Gasteiger partial charge is 0.454 e. The first-order chi connectivity index (χ1) is 12.7. The van der Waals surface area contributed by atoms with Crippen LogP contribution in [-0.2, 0) is 5.60 Å². The first-order valence-corrected chi connectivity index (χ1v) is 8.10. The molecule has 28 heavy (non-hydrogen) atoms. The molecule has 0 bridgehead atoms. The van der Waals surface area contributed by atoms with Gasteiger partial charge in [0.05, 0.1) is 0 Å². The van der Waals surface area contributed by atoms with Crippen molar-refractivity contribution in [1.82, 2.24) is 0 Å². The van der Waals surface area contributed by atoms with E-state index in [1.165, 1.54) is 24.3 Å². The lowest BCUT2D eigenvalue weighted by Crippen LogP contribution is -2.48. The molecular weight excluding hydrogens is 435 g/mol. The van der Waals surface area contributed by atoms with E-state index in [4.69, 9.17) is 28.9 Å². The zero-order valence-electron chi connectivity index (χ0n) is 13.8. The van der Waals surface area contributed by atoms with Crippen LogP contribution in [0, 0.1) is 0 Å². The third-order valence-electron chi connectivity index (χ3n) is 3.45. The summed E-state index contributed by atoms with van der Waals surface area (Å²) in [4.78, 5) is 10.6. The SMILES string of the molecule is NCC(O)(c1ccc(Cl)cc1)C(F)(F)F.O=C(c1ccc(Cl)cc1)C(F)(F)F. The molecule has 2 aromatic carbocycles. The van der Waals surface area contributed by atoms with Crippen molar-refractivity contribution in [3.8, 4) is 0 Å². The van der Waals surface area contributed by atoms with Crippen LogP contribution in [0.4, 0.5) is 26.3 Å². The van der Waals surface area contributed by atoms with E-state index in [2.05, 4.69) is 0 Å². The van der Waals surface area contributed by atoms with Crippen LogP contribution in [-0.4, -0.2) is 29.8 Å². The normalized spacial score (nSPS) is 13.9. The third kappa shape index (κ3) is 6.10. The summed E-state index contributed by atoms with van der Waals surface area (Å²) >= 11 is 11.0. The second kappa shape index (κ2) is 9.13. The predicted octanol–water partition coefficient (Wildman–Crippen LogP) is 5.13. The maximum atomic E-state index is 12.5. The van der Waals surface area contributed by atoms with E-state index in [9.17, 15) is 36.2 Å². The summed E-state index contributed by atoms with van der Waals surface area (Å²) in [5.41, 5.74) is 1.22. The van der Waals surface area contributed by atoms with Gasteiger partial charge in [0.1, 0.15) is 0 Å². The van der Waals surface area contributed by atoms with Gasteiger partial charge in [0, 0.05) is 22.2 Å². The Morgan fingerprint density at radius 2 is 1.25 bits per heavy atom. The number of ketones is 1. The Labute approximate surface area is 165 Å².